The van der Waals surface area contributed by atoms with Crippen LogP contribution in [0.4, 0.5) is 10.5 Å². The van der Waals surface area contributed by atoms with Crippen molar-refractivity contribution in [3.63, 3.8) is 0 Å². The number of rotatable bonds is 2. The first-order valence-electron chi connectivity index (χ1n) is 5.46. The molecule has 0 aliphatic carbocycles. The molecule has 0 radical (unpaired) electrons. The maximum atomic E-state index is 11.5. The van der Waals surface area contributed by atoms with Gasteiger partial charge in [-0.2, -0.15) is 0 Å². The number of aryl methyl sites for hydroxylation is 1. The molecule has 0 bridgehead atoms. The number of aromatic nitrogens is 1. The van der Waals surface area contributed by atoms with Gasteiger partial charge in [-0.05, 0) is 33.8 Å². The summed E-state index contributed by atoms with van der Waals surface area (Å²) in [6, 6.07) is 1.64. The van der Waals surface area contributed by atoms with Gasteiger partial charge in [-0.25, -0.2) is 4.79 Å². The molecule has 0 saturated carbocycles. The van der Waals surface area contributed by atoms with Gasteiger partial charge in [0.05, 0.1) is 18.1 Å². The minimum absolute atomic E-state index is 0.477. The van der Waals surface area contributed by atoms with Crippen LogP contribution < -0.4 is 5.32 Å². The number of hydrogen-bond acceptors (Lipinski definition) is 5. The summed E-state index contributed by atoms with van der Waals surface area (Å²) in [6.45, 7) is 7.12. The zero-order chi connectivity index (χ0) is 13.8. The van der Waals surface area contributed by atoms with Gasteiger partial charge in [0, 0.05) is 11.3 Å². The lowest BCUT2D eigenvalue weighted by Crippen LogP contribution is -2.27. The van der Waals surface area contributed by atoms with Gasteiger partial charge in [0.15, 0.2) is 0 Å². The summed E-state index contributed by atoms with van der Waals surface area (Å²) in [7, 11) is 0. The quantitative estimate of drug-likeness (QED) is 0.480. The number of hydrogen-bond donors (Lipinski definition) is 2. The van der Waals surface area contributed by atoms with E-state index in [0.717, 1.165) is 0 Å². The maximum Gasteiger partial charge on any atom is 0.412 e. The molecule has 0 spiro atoms. The first-order chi connectivity index (χ1) is 8.31. The molecule has 0 fully saturated rings. The Bertz CT molecular complexity index is 464. The molecule has 1 aromatic rings. The van der Waals surface area contributed by atoms with Crippen LogP contribution in [0, 0.1) is 6.92 Å². The third kappa shape index (κ3) is 4.40. The van der Waals surface area contributed by atoms with Crippen molar-refractivity contribution in [1.29, 1.82) is 0 Å². The minimum atomic E-state index is -0.558. The number of pyridine rings is 1. The number of carbonyl (C=O) groups excluding carboxylic acids is 1. The predicted molar refractivity (Wildman–Crippen MR) is 68.2 cm³/mol. The van der Waals surface area contributed by atoms with Crippen LogP contribution >= 0.6 is 0 Å². The molecule has 98 valence electrons. The van der Waals surface area contributed by atoms with E-state index in [9.17, 15) is 4.79 Å². The number of oxime groups is 1. The molecule has 1 heterocycles. The highest BCUT2D eigenvalue weighted by Gasteiger charge is 2.16. The summed E-state index contributed by atoms with van der Waals surface area (Å²) in [4.78, 5) is 15.6. The highest BCUT2D eigenvalue weighted by Crippen LogP contribution is 2.13. The third-order valence-electron chi connectivity index (χ3n) is 1.97. The smallest absolute Gasteiger partial charge is 0.412 e. The van der Waals surface area contributed by atoms with Gasteiger partial charge < -0.3 is 9.94 Å². The van der Waals surface area contributed by atoms with Crippen molar-refractivity contribution in [3.05, 3.63) is 23.5 Å². The average Bonchev–Trinajstić information content (AvgIpc) is 2.20. The number of amides is 1. The van der Waals surface area contributed by atoms with Crippen molar-refractivity contribution in [3.8, 4) is 0 Å². The van der Waals surface area contributed by atoms with E-state index >= 15 is 0 Å². The molecule has 6 heteroatoms. The fourth-order valence-electron chi connectivity index (χ4n) is 1.23. The van der Waals surface area contributed by atoms with Crippen molar-refractivity contribution >= 4 is 18.0 Å². The lowest BCUT2D eigenvalue weighted by atomic mass is 10.2. The van der Waals surface area contributed by atoms with Crippen LogP contribution in [0.1, 0.15) is 32.0 Å². The molecular formula is C12H17N3O3. The van der Waals surface area contributed by atoms with Crippen LogP contribution in [0.25, 0.3) is 0 Å². The highest BCUT2D eigenvalue weighted by molar-refractivity contribution is 5.87. The van der Waals surface area contributed by atoms with E-state index in [2.05, 4.69) is 15.5 Å². The minimum Gasteiger partial charge on any atom is -0.444 e. The number of nitrogens with zero attached hydrogens (tertiary/aromatic N) is 2. The van der Waals surface area contributed by atoms with E-state index in [0.29, 0.717) is 16.9 Å². The first-order valence-corrected chi connectivity index (χ1v) is 5.46. The Labute approximate surface area is 106 Å². The monoisotopic (exact) mass is 251 g/mol. The molecule has 1 aromatic heterocycles. The molecular weight excluding hydrogens is 234 g/mol. The van der Waals surface area contributed by atoms with Crippen molar-refractivity contribution in [2.75, 3.05) is 5.32 Å². The summed E-state index contributed by atoms with van der Waals surface area (Å²) >= 11 is 0. The Morgan fingerprint density at radius 3 is 2.78 bits per heavy atom. The molecule has 0 aliphatic rings. The van der Waals surface area contributed by atoms with Gasteiger partial charge in [-0.1, -0.05) is 5.16 Å². The summed E-state index contributed by atoms with van der Waals surface area (Å²) < 4.78 is 5.11. The lowest BCUT2D eigenvalue weighted by Gasteiger charge is -2.19. The van der Waals surface area contributed by atoms with Gasteiger partial charge in [0.2, 0.25) is 0 Å². The molecule has 0 aliphatic heterocycles. The molecule has 0 unspecified atom stereocenters. The van der Waals surface area contributed by atoms with E-state index in [-0.39, 0.29) is 0 Å². The van der Waals surface area contributed by atoms with Gasteiger partial charge in [-0.3, -0.25) is 10.3 Å². The van der Waals surface area contributed by atoms with E-state index in [1.807, 2.05) is 0 Å². The topological polar surface area (TPSA) is 83.8 Å². The Hall–Kier alpha value is -2.11. The van der Waals surface area contributed by atoms with Crippen molar-refractivity contribution in [2.45, 2.75) is 33.3 Å². The Balaban J connectivity index is 2.79. The van der Waals surface area contributed by atoms with Crippen LogP contribution in [0.3, 0.4) is 0 Å². The number of carbonyl (C=O) groups is 1. The van der Waals surface area contributed by atoms with E-state index in [1.165, 1.54) is 12.4 Å². The van der Waals surface area contributed by atoms with Crippen LogP contribution in [-0.2, 0) is 4.74 Å². The number of ether oxygens (including phenoxy) is 1. The predicted octanol–water partition coefficient (Wildman–Crippen LogP) is 2.55. The van der Waals surface area contributed by atoms with Crippen LogP contribution in [0.2, 0.25) is 0 Å². The van der Waals surface area contributed by atoms with Crippen molar-refractivity contribution in [1.82, 2.24) is 4.98 Å². The van der Waals surface area contributed by atoms with Gasteiger partial charge in [-0.15, -0.1) is 0 Å². The molecule has 1 rings (SSSR count). The molecule has 6 nitrogen and oxygen atoms in total. The summed E-state index contributed by atoms with van der Waals surface area (Å²) in [6.07, 6.45) is 2.20. The van der Waals surface area contributed by atoms with E-state index in [1.54, 1.807) is 33.8 Å². The summed E-state index contributed by atoms with van der Waals surface area (Å²) in [5, 5.41) is 14.0. The molecule has 18 heavy (non-hydrogen) atoms. The zero-order valence-electron chi connectivity index (χ0n) is 10.9. The van der Waals surface area contributed by atoms with Gasteiger partial charge in [0.1, 0.15) is 5.60 Å². The SMILES string of the molecule is Cc1ncc(NC(=O)OC(C)(C)C)cc1C=NO. The Kier molecular flexibility index (Phi) is 4.25. The summed E-state index contributed by atoms with van der Waals surface area (Å²) in [5.41, 5.74) is 1.23. The fourth-order valence-corrected chi connectivity index (χ4v) is 1.23. The molecule has 0 saturated heterocycles. The second-order valence-electron chi connectivity index (χ2n) is 4.77. The second-order valence-corrected chi connectivity index (χ2v) is 4.77. The number of anilines is 1. The molecule has 1 amide bonds. The standard InChI is InChI=1S/C12H17N3O3/c1-8-9(6-14-17)5-10(7-13-8)15-11(16)18-12(2,3)4/h5-7,17H,1-4H3,(H,15,16). The van der Waals surface area contributed by atoms with Gasteiger partial charge in [0.25, 0.3) is 0 Å². The fraction of sp³-hybridized carbons (Fsp3) is 0.417. The largest absolute Gasteiger partial charge is 0.444 e. The second kappa shape index (κ2) is 5.48. The first kappa shape index (κ1) is 14.0. The zero-order valence-corrected chi connectivity index (χ0v) is 10.9. The molecule has 2 N–H and O–H groups in total. The molecule has 0 atom stereocenters. The van der Waals surface area contributed by atoms with Crippen molar-refractivity contribution in [2.24, 2.45) is 5.16 Å². The number of nitrogens with one attached hydrogen (secondary N) is 1. The highest BCUT2D eigenvalue weighted by atomic mass is 16.6. The molecule has 0 aromatic carbocycles. The lowest BCUT2D eigenvalue weighted by molar-refractivity contribution is 0.0636. The van der Waals surface area contributed by atoms with E-state index in [4.69, 9.17) is 9.94 Å². The summed E-state index contributed by atoms with van der Waals surface area (Å²) in [5.74, 6) is 0. The van der Waals surface area contributed by atoms with Crippen molar-refractivity contribution < 1.29 is 14.7 Å². The van der Waals surface area contributed by atoms with Crippen LogP contribution in [-0.4, -0.2) is 28.1 Å². The van der Waals surface area contributed by atoms with Crippen LogP contribution in [0.15, 0.2) is 17.4 Å². The third-order valence-corrected chi connectivity index (χ3v) is 1.97. The Morgan fingerprint density at radius 1 is 1.56 bits per heavy atom. The maximum absolute atomic E-state index is 11.5. The van der Waals surface area contributed by atoms with Crippen LogP contribution in [0.5, 0.6) is 0 Å². The van der Waals surface area contributed by atoms with Gasteiger partial charge >= 0.3 is 6.09 Å². The van der Waals surface area contributed by atoms with E-state index < -0.39 is 11.7 Å². The normalized spacial score (nSPS) is 11.6. The average molecular weight is 251 g/mol. The Morgan fingerprint density at radius 2 is 2.22 bits per heavy atom.